The minimum absolute atomic E-state index is 0.0414. The zero-order valence-corrected chi connectivity index (χ0v) is 13.0. The molecule has 2 aliphatic rings. The Morgan fingerprint density at radius 3 is 2.50 bits per heavy atom. The van der Waals surface area contributed by atoms with Gasteiger partial charge in [-0.1, -0.05) is 26.2 Å². The number of rotatable bonds is 5. The maximum Gasteiger partial charge on any atom is 0.225 e. The molecule has 0 radical (unpaired) electrons. The smallest absolute Gasteiger partial charge is 0.225 e. The van der Waals surface area contributed by atoms with Crippen LogP contribution < -0.4 is 5.32 Å². The molecule has 0 bridgehead atoms. The van der Waals surface area contributed by atoms with Crippen molar-refractivity contribution in [3.63, 3.8) is 0 Å². The van der Waals surface area contributed by atoms with Crippen LogP contribution in [0.3, 0.4) is 0 Å². The lowest BCUT2D eigenvalue weighted by atomic mass is 9.79. The molecule has 0 unspecified atom stereocenters. The molecule has 1 aliphatic heterocycles. The van der Waals surface area contributed by atoms with E-state index in [0.717, 1.165) is 25.3 Å². The highest BCUT2D eigenvalue weighted by Crippen LogP contribution is 2.33. The number of hydrogen-bond donors (Lipinski definition) is 2. The molecule has 2 fully saturated rings. The molecule has 2 rings (SSSR count). The van der Waals surface area contributed by atoms with Crippen LogP contribution in [0.25, 0.3) is 0 Å². The van der Waals surface area contributed by atoms with Crippen molar-refractivity contribution in [1.29, 1.82) is 0 Å². The number of β-amino-alcohol motifs (C(OH)–C–C–N with tert-alkyl or cyclic N) is 1. The average molecular weight is 282 g/mol. The summed E-state index contributed by atoms with van der Waals surface area (Å²) in [6.07, 6.45) is 7.99. The van der Waals surface area contributed by atoms with Gasteiger partial charge in [-0.2, -0.15) is 0 Å². The predicted molar refractivity (Wildman–Crippen MR) is 80.4 cm³/mol. The molecular weight excluding hydrogens is 252 g/mol. The molecule has 0 aromatic heterocycles. The lowest BCUT2D eigenvalue weighted by Gasteiger charge is -2.33. The van der Waals surface area contributed by atoms with Crippen molar-refractivity contribution in [2.45, 2.75) is 64.0 Å². The monoisotopic (exact) mass is 282 g/mol. The first-order valence-electron chi connectivity index (χ1n) is 8.29. The van der Waals surface area contributed by atoms with Crippen LogP contribution in [0.1, 0.15) is 51.9 Å². The molecule has 4 heteroatoms. The number of hydrogen-bond acceptors (Lipinski definition) is 3. The van der Waals surface area contributed by atoms with E-state index in [4.69, 9.17) is 0 Å². The number of carbonyl (C=O) groups is 1. The Morgan fingerprint density at radius 1 is 1.25 bits per heavy atom. The first-order valence-corrected chi connectivity index (χ1v) is 8.29. The number of unbranched alkanes of at least 4 members (excludes halogenated alkanes) is 1. The summed E-state index contributed by atoms with van der Waals surface area (Å²) in [5.41, 5.74) is 0. The van der Waals surface area contributed by atoms with E-state index in [0.29, 0.717) is 6.54 Å². The van der Waals surface area contributed by atoms with Gasteiger partial charge in [0.25, 0.3) is 0 Å². The van der Waals surface area contributed by atoms with Gasteiger partial charge in [0.05, 0.1) is 12.1 Å². The van der Waals surface area contributed by atoms with E-state index in [1.807, 2.05) is 7.05 Å². The summed E-state index contributed by atoms with van der Waals surface area (Å²) >= 11 is 0. The Balaban J connectivity index is 1.79. The van der Waals surface area contributed by atoms with Crippen molar-refractivity contribution in [3.05, 3.63) is 0 Å². The standard InChI is InChI=1S/C16H30N2O2/c1-3-4-5-12-6-8-13(9-7-12)16(20)18(2)14-10-17-11-15(14)19/h12-15,17,19H,3-11H2,1-2H3/t12?,13?,14-,15-/m1/s1. The summed E-state index contributed by atoms with van der Waals surface area (Å²) in [7, 11) is 1.85. The quantitative estimate of drug-likeness (QED) is 0.808. The zero-order chi connectivity index (χ0) is 14.5. The molecule has 4 nitrogen and oxygen atoms in total. The highest BCUT2D eigenvalue weighted by molar-refractivity contribution is 5.79. The third-order valence-corrected chi connectivity index (χ3v) is 5.16. The van der Waals surface area contributed by atoms with E-state index in [9.17, 15) is 9.90 Å². The maximum absolute atomic E-state index is 12.5. The van der Waals surface area contributed by atoms with Crippen LogP contribution in [-0.4, -0.2) is 48.2 Å². The van der Waals surface area contributed by atoms with Gasteiger partial charge >= 0.3 is 0 Å². The SMILES string of the molecule is CCCCC1CCC(C(=O)N(C)[C@@H]2CNC[C@H]2O)CC1. The van der Waals surface area contributed by atoms with E-state index in [1.165, 1.54) is 32.1 Å². The number of amides is 1. The fourth-order valence-corrected chi connectivity index (χ4v) is 3.69. The summed E-state index contributed by atoms with van der Waals surface area (Å²) in [5, 5.41) is 13.0. The summed E-state index contributed by atoms with van der Waals surface area (Å²) in [6, 6.07) is -0.0414. The highest BCUT2D eigenvalue weighted by Gasteiger charge is 2.35. The lowest BCUT2D eigenvalue weighted by molar-refractivity contribution is -0.139. The molecule has 1 amide bonds. The summed E-state index contributed by atoms with van der Waals surface area (Å²) in [5.74, 6) is 1.26. The average Bonchev–Trinajstić information content (AvgIpc) is 2.90. The van der Waals surface area contributed by atoms with Crippen molar-refractivity contribution >= 4 is 5.91 Å². The molecule has 0 spiro atoms. The number of aliphatic hydroxyl groups is 1. The van der Waals surface area contributed by atoms with E-state index >= 15 is 0 Å². The second-order valence-corrected chi connectivity index (χ2v) is 6.60. The first kappa shape index (κ1) is 15.8. The Hall–Kier alpha value is -0.610. The zero-order valence-electron chi connectivity index (χ0n) is 13.0. The summed E-state index contributed by atoms with van der Waals surface area (Å²) in [6.45, 7) is 3.56. The number of carbonyl (C=O) groups excluding carboxylic acids is 1. The molecule has 2 atom stereocenters. The van der Waals surface area contributed by atoms with E-state index in [2.05, 4.69) is 12.2 Å². The molecule has 0 aromatic carbocycles. The molecule has 1 saturated carbocycles. The van der Waals surface area contributed by atoms with Gasteiger partial charge in [-0.15, -0.1) is 0 Å². The van der Waals surface area contributed by atoms with E-state index in [1.54, 1.807) is 4.90 Å². The van der Waals surface area contributed by atoms with Crippen molar-refractivity contribution < 1.29 is 9.90 Å². The van der Waals surface area contributed by atoms with Gasteiger partial charge in [-0.3, -0.25) is 4.79 Å². The van der Waals surface area contributed by atoms with Gasteiger partial charge in [0.2, 0.25) is 5.91 Å². The second kappa shape index (κ2) is 7.41. The van der Waals surface area contributed by atoms with Crippen LogP contribution in [0.5, 0.6) is 0 Å². The number of likely N-dealkylation sites (N-methyl/N-ethyl adjacent to an activating group) is 1. The van der Waals surface area contributed by atoms with Crippen molar-refractivity contribution in [2.75, 3.05) is 20.1 Å². The molecule has 1 heterocycles. The second-order valence-electron chi connectivity index (χ2n) is 6.60. The van der Waals surface area contributed by atoms with Crippen molar-refractivity contribution in [1.82, 2.24) is 10.2 Å². The maximum atomic E-state index is 12.5. The molecule has 2 N–H and O–H groups in total. The minimum Gasteiger partial charge on any atom is -0.390 e. The number of nitrogens with one attached hydrogen (secondary N) is 1. The predicted octanol–water partition coefficient (Wildman–Crippen LogP) is 1.77. The molecule has 20 heavy (non-hydrogen) atoms. The summed E-state index contributed by atoms with van der Waals surface area (Å²) < 4.78 is 0. The van der Waals surface area contributed by atoms with Crippen LogP contribution in [0, 0.1) is 11.8 Å². The third-order valence-electron chi connectivity index (χ3n) is 5.16. The molecule has 116 valence electrons. The van der Waals surface area contributed by atoms with Crippen LogP contribution in [0.2, 0.25) is 0 Å². The van der Waals surface area contributed by atoms with Crippen LogP contribution >= 0.6 is 0 Å². The fourth-order valence-electron chi connectivity index (χ4n) is 3.69. The van der Waals surface area contributed by atoms with Crippen LogP contribution in [0.15, 0.2) is 0 Å². The van der Waals surface area contributed by atoms with E-state index in [-0.39, 0.29) is 17.9 Å². The number of aliphatic hydroxyl groups excluding tert-OH is 1. The van der Waals surface area contributed by atoms with Crippen LogP contribution in [-0.2, 0) is 4.79 Å². The normalized spacial score (nSPS) is 34.1. The summed E-state index contributed by atoms with van der Waals surface area (Å²) in [4.78, 5) is 14.3. The Labute approximate surface area is 122 Å². The first-order chi connectivity index (χ1) is 9.63. The third kappa shape index (κ3) is 3.73. The van der Waals surface area contributed by atoms with Crippen molar-refractivity contribution in [3.8, 4) is 0 Å². The number of nitrogens with zero attached hydrogens (tertiary/aromatic N) is 1. The van der Waals surface area contributed by atoms with Gasteiger partial charge in [0.15, 0.2) is 0 Å². The molecular formula is C16H30N2O2. The van der Waals surface area contributed by atoms with E-state index < -0.39 is 6.10 Å². The topological polar surface area (TPSA) is 52.6 Å². The Morgan fingerprint density at radius 2 is 1.95 bits per heavy atom. The van der Waals surface area contributed by atoms with Gasteiger partial charge in [0, 0.05) is 26.1 Å². The van der Waals surface area contributed by atoms with Gasteiger partial charge in [0.1, 0.15) is 0 Å². The van der Waals surface area contributed by atoms with Gasteiger partial charge in [-0.25, -0.2) is 0 Å². The van der Waals surface area contributed by atoms with Crippen molar-refractivity contribution in [2.24, 2.45) is 11.8 Å². The fraction of sp³-hybridized carbons (Fsp3) is 0.938. The van der Waals surface area contributed by atoms with Crippen LogP contribution in [0.4, 0.5) is 0 Å². The Kier molecular flexibility index (Phi) is 5.85. The molecule has 1 aliphatic carbocycles. The lowest BCUT2D eigenvalue weighted by Crippen LogP contribution is -2.47. The minimum atomic E-state index is -0.412. The highest BCUT2D eigenvalue weighted by atomic mass is 16.3. The largest absolute Gasteiger partial charge is 0.390 e. The van der Waals surface area contributed by atoms with Gasteiger partial charge in [-0.05, 0) is 31.6 Å². The Bertz CT molecular complexity index is 314. The molecule has 1 saturated heterocycles. The molecule has 0 aromatic rings. The van der Waals surface area contributed by atoms with Gasteiger partial charge < -0.3 is 15.3 Å².